The number of nitrogens with one attached hydrogen (secondary N) is 1. The molecule has 0 aliphatic heterocycles. The van der Waals surface area contributed by atoms with Crippen LogP contribution in [0.1, 0.15) is 12.5 Å². The maximum absolute atomic E-state index is 12.4. The number of amides is 2. The van der Waals surface area contributed by atoms with E-state index in [-0.39, 0.29) is 25.4 Å². The molecule has 1 atom stereocenters. The highest BCUT2D eigenvalue weighted by Gasteiger charge is 2.30. The van der Waals surface area contributed by atoms with Gasteiger partial charge in [-0.3, -0.25) is 4.79 Å². The van der Waals surface area contributed by atoms with Crippen LogP contribution in [0, 0.1) is 5.92 Å². The third kappa shape index (κ3) is 6.35. The predicted octanol–water partition coefficient (Wildman–Crippen LogP) is 2.45. The van der Waals surface area contributed by atoms with Crippen molar-refractivity contribution in [3.8, 4) is 5.75 Å². The molecule has 1 unspecified atom stereocenters. The van der Waals surface area contributed by atoms with Gasteiger partial charge in [0.25, 0.3) is 0 Å². The topological polar surface area (TPSA) is 78.9 Å². The summed E-state index contributed by atoms with van der Waals surface area (Å²) < 4.78 is 42.4. The molecule has 0 saturated carbocycles. The number of carbonyl (C=O) groups excluding carboxylic acids is 1. The van der Waals surface area contributed by atoms with Gasteiger partial charge in [0.2, 0.25) is 0 Å². The highest BCUT2D eigenvalue weighted by molar-refractivity contribution is 5.75. The molecule has 1 aromatic rings. The summed E-state index contributed by atoms with van der Waals surface area (Å²) in [4.78, 5) is 23.7. The van der Waals surface area contributed by atoms with Crippen LogP contribution in [-0.4, -0.2) is 48.8 Å². The molecule has 9 heteroatoms. The number of aliphatic carboxylic acids is 1. The van der Waals surface area contributed by atoms with Crippen molar-refractivity contribution in [2.45, 2.75) is 13.1 Å². The first-order chi connectivity index (χ1) is 11.1. The summed E-state index contributed by atoms with van der Waals surface area (Å²) in [5, 5.41) is 11.3. The maximum atomic E-state index is 12.4. The quantitative estimate of drug-likeness (QED) is 0.742. The molecule has 134 valence electrons. The molecule has 0 aliphatic carbocycles. The Labute approximate surface area is 137 Å². The smallest absolute Gasteiger partial charge is 0.416 e. The molecule has 1 aromatic carbocycles. The molecule has 0 saturated heterocycles. The van der Waals surface area contributed by atoms with E-state index >= 15 is 0 Å². The van der Waals surface area contributed by atoms with Crippen molar-refractivity contribution in [2.75, 3.05) is 26.7 Å². The number of rotatable bonds is 7. The summed E-state index contributed by atoms with van der Waals surface area (Å²) >= 11 is 0. The van der Waals surface area contributed by atoms with Gasteiger partial charge >= 0.3 is 18.2 Å². The van der Waals surface area contributed by atoms with Crippen LogP contribution in [0.5, 0.6) is 5.75 Å². The third-order valence-corrected chi connectivity index (χ3v) is 3.14. The van der Waals surface area contributed by atoms with Crippen molar-refractivity contribution in [1.82, 2.24) is 10.2 Å². The number of hydrogen-bond donors (Lipinski definition) is 2. The van der Waals surface area contributed by atoms with Crippen molar-refractivity contribution in [3.63, 3.8) is 0 Å². The number of nitrogens with zero attached hydrogens (tertiary/aromatic N) is 1. The van der Waals surface area contributed by atoms with Gasteiger partial charge in [-0.25, -0.2) is 4.79 Å². The van der Waals surface area contributed by atoms with Gasteiger partial charge in [0.15, 0.2) is 0 Å². The van der Waals surface area contributed by atoms with Gasteiger partial charge in [0, 0.05) is 13.6 Å². The monoisotopic (exact) mass is 348 g/mol. The SMILES string of the molecule is CC(CN(C)C(=O)NCCOc1ccc(C(F)(F)F)cc1)C(=O)O. The lowest BCUT2D eigenvalue weighted by Gasteiger charge is -2.20. The van der Waals surface area contributed by atoms with Gasteiger partial charge in [0.05, 0.1) is 18.0 Å². The standard InChI is InChI=1S/C15H19F3N2O4/c1-10(13(21)22)9-20(2)14(23)19-7-8-24-12-5-3-11(4-6-12)15(16,17)18/h3-6,10H,7-9H2,1-2H3,(H,19,23)(H,21,22). The highest BCUT2D eigenvalue weighted by Crippen LogP contribution is 2.30. The van der Waals surface area contributed by atoms with E-state index in [1.54, 1.807) is 0 Å². The van der Waals surface area contributed by atoms with Crippen LogP contribution < -0.4 is 10.1 Å². The van der Waals surface area contributed by atoms with Crippen molar-refractivity contribution in [3.05, 3.63) is 29.8 Å². The number of carbonyl (C=O) groups is 2. The van der Waals surface area contributed by atoms with Crippen molar-refractivity contribution in [2.24, 2.45) is 5.92 Å². The maximum Gasteiger partial charge on any atom is 0.416 e. The molecule has 0 fully saturated rings. The first-order valence-electron chi connectivity index (χ1n) is 7.13. The number of carboxylic acids is 1. The average molecular weight is 348 g/mol. The Balaban J connectivity index is 2.33. The zero-order valence-corrected chi connectivity index (χ0v) is 13.3. The fraction of sp³-hybridized carbons (Fsp3) is 0.467. The fourth-order valence-corrected chi connectivity index (χ4v) is 1.77. The van der Waals surface area contributed by atoms with Crippen LogP contribution in [0.4, 0.5) is 18.0 Å². The number of benzene rings is 1. The molecule has 24 heavy (non-hydrogen) atoms. The van der Waals surface area contributed by atoms with Gasteiger partial charge in [-0.15, -0.1) is 0 Å². The molecule has 2 N–H and O–H groups in total. The van der Waals surface area contributed by atoms with Crippen molar-refractivity contribution >= 4 is 12.0 Å². The average Bonchev–Trinajstić information content (AvgIpc) is 2.50. The molecule has 0 aromatic heterocycles. The zero-order valence-electron chi connectivity index (χ0n) is 13.3. The minimum atomic E-state index is -4.40. The Bertz CT molecular complexity index is 561. The van der Waals surface area contributed by atoms with Gasteiger partial charge < -0.3 is 20.1 Å². The summed E-state index contributed by atoms with van der Waals surface area (Å²) in [5.41, 5.74) is -0.766. The van der Waals surface area contributed by atoms with E-state index in [9.17, 15) is 22.8 Å². The molecule has 0 spiro atoms. The minimum absolute atomic E-state index is 0.0565. The van der Waals surface area contributed by atoms with E-state index in [0.717, 1.165) is 12.1 Å². The number of alkyl halides is 3. The van der Waals surface area contributed by atoms with Crippen LogP contribution in [0.15, 0.2) is 24.3 Å². The van der Waals surface area contributed by atoms with Gasteiger partial charge in [-0.2, -0.15) is 13.2 Å². The number of ether oxygens (including phenoxy) is 1. The normalized spacial score (nSPS) is 12.4. The van der Waals surface area contributed by atoms with Crippen LogP contribution >= 0.6 is 0 Å². The Hall–Kier alpha value is -2.45. The first-order valence-corrected chi connectivity index (χ1v) is 7.13. The highest BCUT2D eigenvalue weighted by atomic mass is 19.4. The number of hydrogen-bond acceptors (Lipinski definition) is 3. The lowest BCUT2D eigenvalue weighted by Crippen LogP contribution is -2.42. The van der Waals surface area contributed by atoms with Crippen LogP contribution in [0.3, 0.4) is 0 Å². The zero-order chi connectivity index (χ0) is 18.3. The fourth-order valence-electron chi connectivity index (χ4n) is 1.77. The molecule has 2 amide bonds. The number of urea groups is 1. The van der Waals surface area contributed by atoms with Gasteiger partial charge in [-0.1, -0.05) is 6.92 Å². The molecule has 0 heterocycles. The van der Waals surface area contributed by atoms with E-state index < -0.39 is 29.7 Å². The third-order valence-electron chi connectivity index (χ3n) is 3.14. The largest absolute Gasteiger partial charge is 0.492 e. The van der Waals surface area contributed by atoms with Crippen LogP contribution in [-0.2, 0) is 11.0 Å². The predicted molar refractivity (Wildman–Crippen MR) is 79.8 cm³/mol. The molecular weight excluding hydrogens is 329 g/mol. The molecule has 0 bridgehead atoms. The lowest BCUT2D eigenvalue weighted by atomic mass is 10.2. The van der Waals surface area contributed by atoms with Gasteiger partial charge in [0.1, 0.15) is 12.4 Å². The summed E-state index contributed by atoms with van der Waals surface area (Å²) in [5.74, 6) is -1.44. The van der Waals surface area contributed by atoms with Gasteiger partial charge in [-0.05, 0) is 24.3 Å². The van der Waals surface area contributed by atoms with E-state index in [1.807, 2.05) is 0 Å². The molecule has 6 nitrogen and oxygen atoms in total. The second-order valence-electron chi connectivity index (χ2n) is 5.22. The van der Waals surface area contributed by atoms with E-state index in [2.05, 4.69) is 5.32 Å². The Kier molecular flexibility index (Phi) is 6.87. The number of carboxylic acid groups (broad SMARTS) is 1. The Morgan fingerprint density at radius 2 is 1.88 bits per heavy atom. The molecule has 0 aliphatic rings. The van der Waals surface area contributed by atoms with Crippen LogP contribution in [0.2, 0.25) is 0 Å². The summed E-state index contributed by atoms with van der Waals surface area (Å²) in [7, 11) is 1.46. The second-order valence-corrected chi connectivity index (χ2v) is 5.22. The number of halogens is 3. The van der Waals surface area contributed by atoms with Crippen molar-refractivity contribution < 1.29 is 32.6 Å². The van der Waals surface area contributed by atoms with E-state index in [0.29, 0.717) is 0 Å². The summed E-state index contributed by atoms with van der Waals surface area (Å²) in [6, 6.07) is 3.76. The summed E-state index contributed by atoms with van der Waals surface area (Å²) in [6.45, 7) is 1.74. The van der Waals surface area contributed by atoms with E-state index in [4.69, 9.17) is 9.84 Å². The molecule has 0 radical (unpaired) electrons. The van der Waals surface area contributed by atoms with Crippen LogP contribution in [0.25, 0.3) is 0 Å². The molecule has 1 rings (SSSR count). The first kappa shape index (κ1) is 19.6. The second kappa shape index (κ2) is 8.42. The lowest BCUT2D eigenvalue weighted by molar-refractivity contribution is -0.141. The van der Waals surface area contributed by atoms with Crippen molar-refractivity contribution in [1.29, 1.82) is 0 Å². The molecular formula is C15H19F3N2O4. The minimum Gasteiger partial charge on any atom is -0.492 e. The summed E-state index contributed by atoms with van der Waals surface area (Å²) in [6.07, 6.45) is -4.40. The Morgan fingerprint density at radius 1 is 1.29 bits per heavy atom. The van der Waals surface area contributed by atoms with E-state index in [1.165, 1.54) is 31.0 Å². The Morgan fingerprint density at radius 3 is 2.38 bits per heavy atom.